The molecule has 0 saturated heterocycles. The zero-order valence-electron chi connectivity index (χ0n) is 18.9. The molecular weight excluding hydrogens is 410 g/mol. The Labute approximate surface area is 195 Å². The second kappa shape index (κ2) is 10.9. The van der Waals surface area contributed by atoms with Crippen LogP contribution >= 0.6 is 0 Å². The van der Waals surface area contributed by atoms with Crippen LogP contribution in [0.15, 0.2) is 72.8 Å². The van der Waals surface area contributed by atoms with Gasteiger partial charge in [-0.15, -0.1) is 0 Å². The minimum atomic E-state index is -0.402. The van der Waals surface area contributed by atoms with Gasteiger partial charge in [0.15, 0.2) is 0 Å². The summed E-state index contributed by atoms with van der Waals surface area (Å²) in [6.45, 7) is 3.02. The molecule has 3 aromatic carbocycles. The standard InChI is InChI=1S/C28H31N3O2/c29-27(32)23-14-13-22-15-17-31(20-25(22)18-23)19-24-11-4-5-12-26(24)28(33)30-16-7-6-10-21-8-2-1-3-9-21/h1-5,8-9,11-14,18H,6-7,10,15-17,19-20H2,(H2,29,32)(H,30,33). The molecule has 0 bridgehead atoms. The number of aryl methyl sites for hydroxylation is 1. The van der Waals surface area contributed by atoms with Crippen molar-refractivity contribution in [3.05, 3.63) is 106 Å². The summed E-state index contributed by atoms with van der Waals surface area (Å²) in [5.41, 5.74) is 11.5. The maximum atomic E-state index is 12.9. The van der Waals surface area contributed by atoms with Gasteiger partial charge in [0.05, 0.1) is 0 Å². The van der Waals surface area contributed by atoms with Crippen molar-refractivity contribution in [3.63, 3.8) is 0 Å². The molecule has 0 atom stereocenters. The smallest absolute Gasteiger partial charge is 0.251 e. The number of benzene rings is 3. The van der Waals surface area contributed by atoms with Crippen molar-refractivity contribution >= 4 is 11.8 Å². The van der Waals surface area contributed by atoms with Gasteiger partial charge in [-0.3, -0.25) is 14.5 Å². The molecule has 33 heavy (non-hydrogen) atoms. The first-order chi connectivity index (χ1) is 16.1. The molecule has 0 radical (unpaired) electrons. The molecule has 3 N–H and O–H groups in total. The van der Waals surface area contributed by atoms with Crippen molar-refractivity contribution in [2.45, 2.75) is 38.8 Å². The number of carbonyl (C=O) groups is 2. The molecule has 4 rings (SSSR count). The maximum Gasteiger partial charge on any atom is 0.251 e. The normalized spacial score (nSPS) is 13.3. The number of amides is 2. The molecule has 2 amide bonds. The first-order valence-electron chi connectivity index (χ1n) is 11.6. The van der Waals surface area contributed by atoms with Crippen molar-refractivity contribution in [2.24, 2.45) is 5.73 Å². The monoisotopic (exact) mass is 441 g/mol. The highest BCUT2D eigenvalue weighted by Crippen LogP contribution is 2.23. The predicted molar refractivity (Wildman–Crippen MR) is 131 cm³/mol. The lowest BCUT2D eigenvalue weighted by Gasteiger charge is -2.29. The maximum absolute atomic E-state index is 12.9. The molecule has 0 aromatic heterocycles. The Balaban J connectivity index is 1.32. The van der Waals surface area contributed by atoms with Gasteiger partial charge in [0.1, 0.15) is 0 Å². The number of hydrogen-bond acceptors (Lipinski definition) is 3. The third kappa shape index (κ3) is 6.08. The van der Waals surface area contributed by atoms with Crippen LogP contribution < -0.4 is 11.1 Å². The van der Waals surface area contributed by atoms with Crippen molar-refractivity contribution in [1.29, 1.82) is 0 Å². The molecule has 1 heterocycles. The molecule has 170 valence electrons. The fourth-order valence-corrected chi connectivity index (χ4v) is 4.42. The predicted octanol–water partition coefficient (Wildman–Crippen LogP) is 4.10. The zero-order valence-corrected chi connectivity index (χ0v) is 18.9. The summed E-state index contributed by atoms with van der Waals surface area (Å²) in [5.74, 6) is -0.417. The van der Waals surface area contributed by atoms with E-state index < -0.39 is 5.91 Å². The number of fused-ring (bicyclic) bond motifs is 1. The lowest BCUT2D eigenvalue weighted by Crippen LogP contribution is -2.32. The number of nitrogens with one attached hydrogen (secondary N) is 1. The van der Waals surface area contributed by atoms with Crippen molar-refractivity contribution < 1.29 is 9.59 Å². The van der Waals surface area contributed by atoms with E-state index in [0.29, 0.717) is 18.7 Å². The topological polar surface area (TPSA) is 75.4 Å². The molecule has 0 saturated carbocycles. The molecular formula is C28H31N3O2. The number of unbranched alkanes of at least 4 members (excludes halogenated alkanes) is 1. The van der Waals surface area contributed by atoms with Crippen LogP contribution in [0.3, 0.4) is 0 Å². The van der Waals surface area contributed by atoms with Crippen LogP contribution in [-0.2, 0) is 25.9 Å². The number of hydrogen-bond donors (Lipinski definition) is 2. The Morgan fingerprint density at radius 1 is 0.909 bits per heavy atom. The van der Waals surface area contributed by atoms with E-state index in [9.17, 15) is 9.59 Å². The summed E-state index contributed by atoms with van der Waals surface area (Å²) >= 11 is 0. The number of rotatable bonds is 9. The third-order valence-corrected chi connectivity index (χ3v) is 6.26. The van der Waals surface area contributed by atoms with Gasteiger partial charge in [0.2, 0.25) is 5.91 Å². The molecule has 5 nitrogen and oxygen atoms in total. The second-order valence-electron chi connectivity index (χ2n) is 8.66. The summed E-state index contributed by atoms with van der Waals surface area (Å²) in [7, 11) is 0. The molecule has 5 heteroatoms. The van der Waals surface area contributed by atoms with Crippen molar-refractivity contribution in [3.8, 4) is 0 Å². The number of primary amides is 1. The van der Waals surface area contributed by atoms with E-state index >= 15 is 0 Å². The van der Waals surface area contributed by atoms with E-state index in [0.717, 1.165) is 55.5 Å². The summed E-state index contributed by atoms with van der Waals surface area (Å²) in [5, 5.41) is 3.09. The lowest BCUT2D eigenvalue weighted by molar-refractivity contribution is 0.0949. The summed E-state index contributed by atoms with van der Waals surface area (Å²) in [6, 6.07) is 24.0. The molecule has 3 aromatic rings. The van der Waals surface area contributed by atoms with Crippen LogP contribution in [-0.4, -0.2) is 29.8 Å². The van der Waals surface area contributed by atoms with Gasteiger partial charge < -0.3 is 11.1 Å². The minimum absolute atomic E-state index is 0.0151. The average Bonchev–Trinajstić information content (AvgIpc) is 2.84. The summed E-state index contributed by atoms with van der Waals surface area (Å²) < 4.78 is 0. The van der Waals surface area contributed by atoms with Crippen LogP contribution in [0.5, 0.6) is 0 Å². The van der Waals surface area contributed by atoms with Gasteiger partial charge in [-0.1, -0.05) is 54.6 Å². The fraction of sp³-hybridized carbons (Fsp3) is 0.286. The number of carbonyl (C=O) groups excluding carboxylic acids is 2. The lowest BCUT2D eigenvalue weighted by atomic mass is 9.96. The summed E-state index contributed by atoms with van der Waals surface area (Å²) in [4.78, 5) is 26.7. The molecule has 0 aliphatic carbocycles. The minimum Gasteiger partial charge on any atom is -0.366 e. The van der Waals surface area contributed by atoms with Crippen molar-refractivity contribution in [1.82, 2.24) is 10.2 Å². The van der Waals surface area contributed by atoms with Gasteiger partial charge in [-0.25, -0.2) is 0 Å². The molecule has 1 aliphatic rings. The highest BCUT2D eigenvalue weighted by molar-refractivity contribution is 5.95. The van der Waals surface area contributed by atoms with Crippen LogP contribution in [0.25, 0.3) is 0 Å². The van der Waals surface area contributed by atoms with Gasteiger partial charge >= 0.3 is 0 Å². The quantitative estimate of drug-likeness (QED) is 0.491. The molecule has 0 fully saturated rings. The Kier molecular flexibility index (Phi) is 7.53. The largest absolute Gasteiger partial charge is 0.366 e. The van der Waals surface area contributed by atoms with Crippen LogP contribution in [0.1, 0.15) is 55.8 Å². The van der Waals surface area contributed by atoms with Crippen molar-refractivity contribution in [2.75, 3.05) is 13.1 Å². The fourth-order valence-electron chi connectivity index (χ4n) is 4.42. The summed E-state index contributed by atoms with van der Waals surface area (Å²) in [6.07, 6.45) is 3.95. The van der Waals surface area contributed by atoms with Gasteiger partial charge in [0, 0.05) is 37.3 Å². The molecule has 1 aliphatic heterocycles. The van der Waals surface area contributed by atoms with Crippen LogP contribution in [0.2, 0.25) is 0 Å². The van der Waals surface area contributed by atoms with E-state index in [4.69, 9.17) is 5.73 Å². The number of nitrogens with two attached hydrogens (primary N) is 1. The molecule has 0 unspecified atom stereocenters. The first-order valence-corrected chi connectivity index (χ1v) is 11.6. The van der Waals surface area contributed by atoms with E-state index in [1.807, 2.05) is 42.5 Å². The third-order valence-electron chi connectivity index (χ3n) is 6.26. The average molecular weight is 442 g/mol. The Morgan fingerprint density at radius 2 is 1.70 bits per heavy atom. The Hall–Kier alpha value is -3.44. The molecule has 0 spiro atoms. The van der Waals surface area contributed by atoms with E-state index in [1.165, 1.54) is 11.1 Å². The van der Waals surface area contributed by atoms with Gasteiger partial charge in [-0.05, 0) is 66.1 Å². The SMILES string of the molecule is NC(=O)c1ccc2c(c1)CN(Cc1ccccc1C(=O)NCCCCc1ccccc1)CC2. The van der Waals surface area contributed by atoms with E-state index in [-0.39, 0.29) is 5.91 Å². The zero-order chi connectivity index (χ0) is 23.0. The van der Waals surface area contributed by atoms with E-state index in [2.05, 4.69) is 34.5 Å². The highest BCUT2D eigenvalue weighted by atomic mass is 16.2. The highest BCUT2D eigenvalue weighted by Gasteiger charge is 2.20. The van der Waals surface area contributed by atoms with Crippen LogP contribution in [0, 0.1) is 0 Å². The Bertz CT molecular complexity index is 1110. The van der Waals surface area contributed by atoms with Gasteiger partial charge in [-0.2, -0.15) is 0 Å². The number of nitrogens with zero attached hydrogens (tertiary/aromatic N) is 1. The van der Waals surface area contributed by atoms with E-state index in [1.54, 1.807) is 6.07 Å². The van der Waals surface area contributed by atoms with Gasteiger partial charge in [0.25, 0.3) is 5.91 Å². The Morgan fingerprint density at radius 3 is 2.52 bits per heavy atom. The first kappa shape index (κ1) is 22.7. The van der Waals surface area contributed by atoms with Crippen LogP contribution in [0.4, 0.5) is 0 Å². The second-order valence-corrected chi connectivity index (χ2v) is 8.66.